The zero-order valence-electron chi connectivity index (χ0n) is 12.1. The van der Waals surface area contributed by atoms with Gasteiger partial charge in [0.1, 0.15) is 6.04 Å². The summed E-state index contributed by atoms with van der Waals surface area (Å²) < 4.78 is 0. The van der Waals surface area contributed by atoms with Crippen LogP contribution in [0.2, 0.25) is 0 Å². The van der Waals surface area contributed by atoms with Gasteiger partial charge in [-0.3, -0.25) is 9.59 Å². The molecule has 0 saturated heterocycles. The van der Waals surface area contributed by atoms with Crippen LogP contribution in [0.4, 0.5) is 0 Å². The lowest BCUT2D eigenvalue weighted by atomic mass is 10.0. The molecular weight excluding hydrogens is 272 g/mol. The molecule has 6 heteroatoms. The van der Waals surface area contributed by atoms with Crippen molar-refractivity contribution in [2.75, 3.05) is 6.54 Å². The van der Waals surface area contributed by atoms with E-state index in [4.69, 9.17) is 5.11 Å². The van der Waals surface area contributed by atoms with Crippen molar-refractivity contribution < 1.29 is 19.5 Å². The molecule has 1 atom stereocenters. The van der Waals surface area contributed by atoms with Gasteiger partial charge in [0.05, 0.1) is 0 Å². The van der Waals surface area contributed by atoms with E-state index in [-0.39, 0.29) is 24.8 Å². The first kappa shape index (κ1) is 16.7. The number of benzene rings is 1. The summed E-state index contributed by atoms with van der Waals surface area (Å²) in [6.07, 6.45) is 0.0368. The Morgan fingerprint density at radius 2 is 1.76 bits per heavy atom. The number of carboxylic acid groups (broad SMARTS) is 1. The molecule has 0 heterocycles. The van der Waals surface area contributed by atoms with Gasteiger partial charge in [-0.2, -0.15) is 0 Å². The number of carbonyl (C=O) groups excluding carboxylic acids is 2. The van der Waals surface area contributed by atoms with Crippen LogP contribution in [0.1, 0.15) is 30.6 Å². The van der Waals surface area contributed by atoms with Crippen molar-refractivity contribution in [2.45, 2.75) is 26.3 Å². The van der Waals surface area contributed by atoms with Crippen molar-refractivity contribution in [1.82, 2.24) is 10.6 Å². The van der Waals surface area contributed by atoms with Crippen LogP contribution < -0.4 is 10.6 Å². The van der Waals surface area contributed by atoms with E-state index in [9.17, 15) is 14.4 Å². The molecule has 1 unspecified atom stereocenters. The summed E-state index contributed by atoms with van der Waals surface area (Å²) in [5.41, 5.74) is 0.517. The van der Waals surface area contributed by atoms with E-state index in [0.717, 1.165) is 0 Å². The second-order valence-corrected chi connectivity index (χ2v) is 5.00. The molecule has 0 aromatic heterocycles. The van der Waals surface area contributed by atoms with Gasteiger partial charge in [-0.25, -0.2) is 4.79 Å². The summed E-state index contributed by atoms with van der Waals surface area (Å²) in [5.74, 6) is -1.93. The van der Waals surface area contributed by atoms with E-state index in [0.29, 0.717) is 5.56 Å². The van der Waals surface area contributed by atoms with E-state index in [1.54, 1.807) is 38.1 Å². The van der Waals surface area contributed by atoms with Crippen molar-refractivity contribution in [3.63, 3.8) is 0 Å². The highest BCUT2D eigenvalue weighted by molar-refractivity contribution is 5.94. The van der Waals surface area contributed by atoms with E-state index < -0.39 is 17.9 Å². The van der Waals surface area contributed by atoms with Crippen LogP contribution in [0.15, 0.2) is 30.3 Å². The lowest BCUT2D eigenvalue weighted by molar-refractivity contribution is -0.143. The molecule has 0 fully saturated rings. The second kappa shape index (κ2) is 8.04. The van der Waals surface area contributed by atoms with Gasteiger partial charge in [0.2, 0.25) is 5.91 Å². The zero-order chi connectivity index (χ0) is 15.8. The zero-order valence-corrected chi connectivity index (χ0v) is 12.1. The normalized spacial score (nSPS) is 11.8. The second-order valence-electron chi connectivity index (χ2n) is 5.00. The Kier molecular flexibility index (Phi) is 6.39. The molecule has 1 aromatic carbocycles. The third kappa shape index (κ3) is 5.64. The van der Waals surface area contributed by atoms with Gasteiger partial charge in [-0.1, -0.05) is 32.0 Å². The topological polar surface area (TPSA) is 95.5 Å². The molecule has 2 amide bonds. The Labute approximate surface area is 123 Å². The monoisotopic (exact) mass is 292 g/mol. The molecule has 0 spiro atoms. The predicted molar refractivity (Wildman–Crippen MR) is 77.8 cm³/mol. The molecule has 0 aliphatic rings. The maximum absolute atomic E-state index is 11.7. The molecule has 0 aliphatic carbocycles. The van der Waals surface area contributed by atoms with Crippen molar-refractivity contribution in [3.8, 4) is 0 Å². The van der Waals surface area contributed by atoms with Gasteiger partial charge in [0.25, 0.3) is 5.91 Å². The Balaban J connectivity index is 2.37. The first-order valence-corrected chi connectivity index (χ1v) is 6.77. The van der Waals surface area contributed by atoms with Crippen molar-refractivity contribution in [2.24, 2.45) is 5.92 Å². The van der Waals surface area contributed by atoms with Gasteiger partial charge in [-0.05, 0) is 18.1 Å². The molecule has 1 rings (SSSR count). The van der Waals surface area contributed by atoms with Crippen LogP contribution in [-0.4, -0.2) is 35.5 Å². The number of nitrogens with one attached hydrogen (secondary N) is 2. The number of hydrogen-bond donors (Lipinski definition) is 3. The van der Waals surface area contributed by atoms with E-state index in [2.05, 4.69) is 10.6 Å². The van der Waals surface area contributed by atoms with Crippen LogP contribution in [-0.2, 0) is 9.59 Å². The van der Waals surface area contributed by atoms with E-state index in [1.165, 1.54) is 0 Å². The minimum absolute atomic E-state index is 0.0368. The highest BCUT2D eigenvalue weighted by Gasteiger charge is 2.23. The van der Waals surface area contributed by atoms with Gasteiger partial charge in [-0.15, -0.1) is 0 Å². The Bertz CT molecular complexity index is 500. The predicted octanol–water partition coefficient (Wildman–Crippen LogP) is 1.03. The fourth-order valence-electron chi connectivity index (χ4n) is 1.74. The van der Waals surface area contributed by atoms with E-state index in [1.807, 2.05) is 6.07 Å². The van der Waals surface area contributed by atoms with Crippen LogP contribution in [0.25, 0.3) is 0 Å². The first-order chi connectivity index (χ1) is 9.91. The lowest BCUT2D eigenvalue weighted by Gasteiger charge is -2.17. The highest BCUT2D eigenvalue weighted by Crippen LogP contribution is 2.02. The minimum atomic E-state index is -1.06. The number of carbonyl (C=O) groups is 3. The van der Waals surface area contributed by atoms with Crippen molar-refractivity contribution in [1.29, 1.82) is 0 Å². The Morgan fingerprint density at radius 1 is 1.14 bits per heavy atom. The molecule has 3 N–H and O–H groups in total. The van der Waals surface area contributed by atoms with Gasteiger partial charge >= 0.3 is 5.97 Å². The fourth-order valence-corrected chi connectivity index (χ4v) is 1.74. The Morgan fingerprint density at radius 3 is 2.29 bits per heavy atom. The maximum atomic E-state index is 11.7. The molecule has 0 bridgehead atoms. The quantitative estimate of drug-likeness (QED) is 0.699. The lowest BCUT2D eigenvalue weighted by Crippen LogP contribution is -2.45. The molecule has 21 heavy (non-hydrogen) atoms. The summed E-state index contributed by atoms with van der Waals surface area (Å²) in [6, 6.07) is 7.75. The van der Waals surface area contributed by atoms with Crippen LogP contribution in [0.3, 0.4) is 0 Å². The fraction of sp³-hybridized carbons (Fsp3) is 0.400. The number of amides is 2. The van der Waals surface area contributed by atoms with Crippen molar-refractivity contribution >= 4 is 17.8 Å². The molecule has 0 saturated carbocycles. The first-order valence-electron chi connectivity index (χ1n) is 6.77. The van der Waals surface area contributed by atoms with Crippen LogP contribution >= 0.6 is 0 Å². The van der Waals surface area contributed by atoms with Gasteiger partial charge in [0, 0.05) is 18.5 Å². The largest absolute Gasteiger partial charge is 0.480 e. The summed E-state index contributed by atoms with van der Waals surface area (Å²) in [6.45, 7) is 3.59. The summed E-state index contributed by atoms with van der Waals surface area (Å²) in [4.78, 5) is 34.3. The maximum Gasteiger partial charge on any atom is 0.326 e. The standard InChI is InChI=1S/C15H20N2O4/c1-10(2)13(15(20)21)17-12(18)8-9-16-14(19)11-6-4-3-5-7-11/h3-7,10,13H,8-9H2,1-2H3,(H,16,19)(H,17,18)(H,20,21). The average molecular weight is 292 g/mol. The number of hydrogen-bond acceptors (Lipinski definition) is 3. The summed E-state index contributed by atoms with van der Waals surface area (Å²) >= 11 is 0. The SMILES string of the molecule is CC(C)C(NC(=O)CCNC(=O)c1ccccc1)C(=O)O. The Hall–Kier alpha value is -2.37. The van der Waals surface area contributed by atoms with Crippen LogP contribution in [0.5, 0.6) is 0 Å². The third-order valence-corrected chi connectivity index (χ3v) is 2.92. The molecular formula is C15H20N2O4. The molecule has 0 aliphatic heterocycles. The molecule has 114 valence electrons. The third-order valence-electron chi connectivity index (χ3n) is 2.92. The average Bonchev–Trinajstić information content (AvgIpc) is 2.45. The number of carboxylic acids is 1. The summed E-state index contributed by atoms with van der Waals surface area (Å²) in [5, 5.41) is 14.0. The highest BCUT2D eigenvalue weighted by atomic mass is 16.4. The number of aliphatic carboxylic acids is 1. The smallest absolute Gasteiger partial charge is 0.326 e. The van der Waals surface area contributed by atoms with Crippen LogP contribution in [0, 0.1) is 5.92 Å². The summed E-state index contributed by atoms with van der Waals surface area (Å²) in [7, 11) is 0. The molecule has 0 radical (unpaired) electrons. The van der Waals surface area contributed by atoms with Crippen molar-refractivity contribution in [3.05, 3.63) is 35.9 Å². The van der Waals surface area contributed by atoms with Gasteiger partial charge < -0.3 is 15.7 Å². The van der Waals surface area contributed by atoms with E-state index >= 15 is 0 Å². The molecule has 6 nitrogen and oxygen atoms in total. The molecule has 1 aromatic rings. The minimum Gasteiger partial charge on any atom is -0.480 e. The van der Waals surface area contributed by atoms with Gasteiger partial charge in [0.15, 0.2) is 0 Å². The number of rotatable bonds is 7.